The number of hydrogen-bond donors (Lipinski definition) is 2. The summed E-state index contributed by atoms with van der Waals surface area (Å²) >= 11 is 4.79. The van der Waals surface area contributed by atoms with Crippen LogP contribution in [0.4, 0.5) is 0 Å². The molecule has 0 spiro atoms. The average Bonchev–Trinajstić information content (AvgIpc) is 2.81. The van der Waals surface area contributed by atoms with Gasteiger partial charge in [-0.2, -0.15) is 0 Å². The molecule has 0 unspecified atom stereocenters. The fourth-order valence-electron chi connectivity index (χ4n) is 1.66. The van der Waals surface area contributed by atoms with Crippen molar-refractivity contribution >= 4 is 37.3 Å². The molecule has 1 rings (SSSR count). The largest absolute Gasteiger partial charge is 0.382 e. The third-order valence-electron chi connectivity index (χ3n) is 2.68. The predicted octanol–water partition coefficient (Wildman–Crippen LogP) is 2.72. The van der Waals surface area contributed by atoms with Crippen LogP contribution in [0.25, 0.3) is 0 Å². The molecule has 122 valence electrons. The summed E-state index contributed by atoms with van der Waals surface area (Å²) in [4.78, 5) is 1.32. The second-order valence-corrected chi connectivity index (χ2v) is 8.67. The van der Waals surface area contributed by atoms with E-state index in [9.17, 15) is 8.42 Å². The van der Waals surface area contributed by atoms with Gasteiger partial charge in [-0.1, -0.05) is 6.92 Å². The molecule has 21 heavy (non-hydrogen) atoms. The first-order chi connectivity index (χ1) is 10.0. The van der Waals surface area contributed by atoms with E-state index >= 15 is 0 Å². The van der Waals surface area contributed by atoms with Gasteiger partial charge >= 0.3 is 0 Å². The summed E-state index contributed by atoms with van der Waals surface area (Å²) in [7, 11) is -3.46. The molecule has 0 aliphatic heterocycles. The SMILES string of the molecule is CCCNCc1cc(S(=O)(=O)NCCCOCC)c(Br)s1. The number of halogens is 1. The van der Waals surface area contributed by atoms with E-state index in [-0.39, 0.29) is 0 Å². The lowest BCUT2D eigenvalue weighted by Crippen LogP contribution is -2.25. The summed E-state index contributed by atoms with van der Waals surface area (Å²) in [5.41, 5.74) is 0. The highest BCUT2D eigenvalue weighted by Gasteiger charge is 2.20. The fraction of sp³-hybridized carbons (Fsp3) is 0.692. The highest BCUT2D eigenvalue weighted by Crippen LogP contribution is 2.31. The van der Waals surface area contributed by atoms with Crippen LogP contribution in [0.5, 0.6) is 0 Å². The lowest BCUT2D eigenvalue weighted by Gasteiger charge is -2.05. The smallest absolute Gasteiger partial charge is 0.242 e. The minimum Gasteiger partial charge on any atom is -0.382 e. The molecule has 0 bridgehead atoms. The molecule has 0 atom stereocenters. The molecule has 0 saturated heterocycles. The van der Waals surface area contributed by atoms with E-state index in [2.05, 4.69) is 32.9 Å². The Morgan fingerprint density at radius 1 is 1.33 bits per heavy atom. The summed E-state index contributed by atoms with van der Waals surface area (Å²) in [6.45, 7) is 7.23. The summed E-state index contributed by atoms with van der Waals surface area (Å²) < 4.78 is 32.9. The summed E-state index contributed by atoms with van der Waals surface area (Å²) in [5, 5.41) is 3.27. The molecule has 8 heteroatoms. The molecule has 0 saturated carbocycles. The van der Waals surface area contributed by atoms with E-state index in [0.717, 1.165) is 17.8 Å². The van der Waals surface area contributed by atoms with Crippen molar-refractivity contribution in [3.8, 4) is 0 Å². The van der Waals surface area contributed by atoms with Crippen LogP contribution in [0, 0.1) is 0 Å². The Bertz CT molecular complexity index is 517. The lowest BCUT2D eigenvalue weighted by atomic mass is 10.4. The second kappa shape index (κ2) is 9.91. The number of thiophene rings is 1. The van der Waals surface area contributed by atoms with Crippen LogP contribution in [0.2, 0.25) is 0 Å². The van der Waals surface area contributed by atoms with Crippen molar-refractivity contribution in [3.63, 3.8) is 0 Å². The number of hydrogen-bond acceptors (Lipinski definition) is 5. The monoisotopic (exact) mass is 398 g/mol. The van der Waals surface area contributed by atoms with Gasteiger partial charge in [0.05, 0.1) is 3.79 Å². The molecule has 0 amide bonds. The lowest BCUT2D eigenvalue weighted by molar-refractivity contribution is 0.146. The van der Waals surface area contributed by atoms with Crippen LogP contribution < -0.4 is 10.0 Å². The van der Waals surface area contributed by atoms with Gasteiger partial charge in [0, 0.05) is 31.2 Å². The Balaban J connectivity index is 2.57. The van der Waals surface area contributed by atoms with E-state index in [0.29, 0.717) is 41.4 Å². The van der Waals surface area contributed by atoms with Crippen molar-refractivity contribution in [2.75, 3.05) is 26.3 Å². The van der Waals surface area contributed by atoms with Gasteiger partial charge in [0.15, 0.2) is 0 Å². The molecule has 0 fully saturated rings. The second-order valence-electron chi connectivity index (χ2n) is 4.48. The Kier molecular flexibility index (Phi) is 9.00. The molecular formula is C13H23BrN2O3S2. The molecule has 2 N–H and O–H groups in total. The van der Waals surface area contributed by atoms with Gasteiger partial charge in [0.2, 0.25) is 10.0 Å². The average molecular weight is 399 g/mol. The van der Waals surface area contributed by atoms with Crippen molar-refractivity contribution in [3.05, 3.63) is 14.7 Å². The first kappa shape index (κ1) is 19.1. The minimum atomic E-state index is -3.46. The van der Waals surface area contributed by atoms with Gasteiger partial charge in [-0.25, -0.2) is 13.1 Å². The number of rotatable bonds is 11. The van der Waals surface area contributed by atoms with Crippen LogP contribution in [-0.2, 0) is 21.3 Å². The molecule has 0 aliphatic carbocycles. The van der Waals surface area contributed by atoms with Crippen molar-refractivity contribution in [1.29, 1.82) is 0 Å². The maximum Gasteiger partial charge on any atom is 0.242 e. The zero-order valence-electron chi connectivity index (χ0n) is 12.4. The first-order valence-corrected chi connectivity index (χ1v) is 10.2. The van der Waals surface area contributed by atoms with Crippen LogP contribution in [0.15, 0.2) is 14.7 Å². The zero-order valence-corrected chi connectivity index (χ0v) is 15.7. The van der Waals surface area contributed by atoms with Crippen LogP contribution in [0.3, 0.4) is 0 Å². The first-order valence-electron chi connectivity index (χ1n) is 7.07. The zero-order chi connectivity index (χ0) is 15.7. The van der Waals surface area contributed by atoms with Gasteiger partial charge in [0.1, 0.15) is 4.90 Å². The summed E-state index contributed by atoms with van der Waals surface area (Å²) in [6, 6.07) is 1.72. The van der Waals surface area contributed by atoms with Crippen LogP contribution in [-0.4, -0.2) is 34.7 Å². The highest BCUT2D eigenvalue weighted by molar-refractivity contribution is 9.11. The van der Waals surface area contributed by atoms with E-state index in [1.807, 2.05) is 6.92 Å². The maximum absolute atomic E-state index is 12.2. The van der Waals surface area contributed by atoms with E-state index < -0.39 is 10.0 Å². The standard InChI is InChI=1S/C13H23BrN2O3S2/c1-3-6-15-10-11-9-12(13(14)20-11)21(17,18)16-7-5-8-19-4-2/h9,15-16H,3-8,10H2,1-2H3. The van der Waals surface area contributed by atoms with Crippen molar-refractivity contribution in [2.24, 2.45) is 0 Å². The van der Waals surface area contributed by atoms with Gasteiger partial charge in [-0.15, -0.1) is 11.3 Å². The fourth-order valence-corrected chi connectivity index (χ4v) is 5.38. The molecule has 0 radical (unpaired) electrons. The van der Waals surface area contributed by atoms with Crippen LogP contribution >= 0.6 is 27.3 Å². The molecule has 1 heterocycles. The Morgan fingerprint density at radius 2 is 2.10 bits per heavy atom. The third-order valence-corrected chi connectivity index (χ3v) is 6.40. The molecule has 1 aromatic rings. The van der Waals surface area contributed by atoms with Gasteiger partial charge in [-0.3, -0.25) is 0 Å². The van der Waals surface area contributed by atoms with E-state index in [1.54, 1.807) is 6.07 Å². The maximum atomic E-state index is 12.2. The molecule has 0 aliphatic rings. The van der Waals surface area contributed by atoms with Gasteiger partial charge in [0.25, 0.3) is 0 Å². The van der Waals surface area contributed by atoms with Crippen molar-refractivity contribution in [2.45, 2.75) is 38.1 Å². The number of nitrogens with one attached hydrogen (secondary N) is 2. The number of ether oxygens (including phenoxy) is 1. The quantitative estimate of drug-likeness (QED) is 0.562. The Morgan fingerprint density at radius 3 is 2.76 bits per heavy atom. The van der Waals surface area contributed by atoms with Gasteiger partial charge in [-0.05, 0) is 48.3 Å². The summed E-state index contributed by atoms with van der Waals surface area (Å²) in [5.74, 6) is 0. The van der Waals surface area contributed by atoms with E-state index in [1.165, 1.54) is 11.3 Å². The minimum absolute atomic E-state index is 0.317. The number of sulfonamides is 1. The highest BCUT2D eigenvalue weighted by atomic mass is 79.9. The molecular weight excluding hydrogens is 376 g/mol. The predicted molar refractivity (Wildman–Crippen MR) is 90.3 cm³/mol. The molecule has 5 nitrogen and oxygen atoms in total. The Labute approximate surface area is 139 Å². The van der Waals surface area contributed by atoms with Crippen molar-refractivity contribution < 1.29 is 13.2 Å². The molecule has 1 aromatic heterocycles. The normalized spacial score (nSPS) is 12.0. The topological polar surface area (TPSA) is 67.4 Å². The molecule has 0 aromatic carbocycles. The summed E-state index contributed by atoms with van der Waals surface area (Å²) in [6.07, 6.45) is 1.72. The van der Waals surface area contributed by atoms with Crippen LogP contribution in [0.1, 0.15) is 31.6 Å². The van der Waals surface area contributed by atoms with Gasteiger partial charge < -0.3 is 10.1 Å². The Hall–Kier alpha value is 0.01000. The third kappa shape index (κ3) is 6.75. The van der Waals surface area contributed by atoms with Crippen molar-refractivity contribution in [1.82, 2.24) is 10.0 Å². The van der Waals surface area contributed by atoms with E-state index in [4.69, 9.17) is 4.74 Å².